The molecule has 0 saturated heterocycles. The maximum absolute atomic E-state index is 12.4. The topological polar surface area (TPSA) is 108 Å². The molecule has 180 valence electrons. The van der Waals surface area contributed by atoms with Gasteiger partial charge in [0.25, 0.3) is 0 Å². The predicted molar refractivity (Wildman–Crippen MR) is 136 cm³/mol. The molecule has 4 rings (SSSR count). The van der Waals surface area contributed by atoms with Gasteiger partial charge in [-0.15, -0.1) is 0 Å². The van der Waals surface area contributed by atoms with Crippen LogP contribution in [0.3, 0.4) is 0 Å². The van der Waals surface area contributed by atoms with Crippen LogP contribution in [0.25, 0.3) is 11.3 Å². The quantitative estimate of drug-likeness (QED) is 0.348. The van der Waals surface area contributed by atoms with Crippen molar-refractivity contribution in [3.8, 4) is 17.0 Å². The maximum Gasteiger partial charge on any atom is 0.223 e. The highest BCUT2D eigenvalue weighted by Crippen LogP contribution is 2.21. The highest BCUT2D eigenvalue weighted by molar-refractivity contribution is 7.88. The Morgan fingerprint density at radius 1 is 0.886 bits per heavy atom. The third-order valence-electron chi connectivity index (χ3n) is 5.45. The number of benzene rings is 2. The second kappa shape index (κ2) is 11.1. The van der Waals surface area contributed by atoms with Crippen molar-refractivity contribution in [2.45, 2.75) is 19.5 Å². The van der Waals surface area contributed by atoms with E-state index in [9.17, 15) is 13.5 Å². The molecule has 0 unspecified atom stereocenters. The summed E-state index contributed by atoms with van der Waals surface area (Å²) in [4.78, 5) is 12.9. The van der Waals surface area contributed by atoms with Gasteiger partial charge < -0.3 is 10.4 Å². The summed E-state index contributed by atoms with van der Waals surface area (Å²) in [7, 11) is -3.42. The van der Waals surface area contributed by atoms with E-state index in [1.807, 2.05) is 54.6 Å². The van der Waals surface area contributed by atoms with Crippen molar-refractivity contribution in [2.75, 3.05) is 18.1 Å². The molecule has 0 aliphatic carbocycles. The molecule has 2 N–H and O–H groups in total. The van der Waals surface area contributed by atoms with Gasteiger partial charge >= 0.3 is 0 Å². The first-order valence-electron chi connectivity index (χ1n) is 11.1. The van der Waals surface area contributed by atoms with Crippen molar-refractivity contribution < 1.29 is 13.5 Å². The molecule has 0 saturated carbocycles. The Morgan fingerprint density at radius 2 is 1.63 bits per heavy atom. The number of phenols is 1. The number of sulfonamides is 1. The van der Waals surface area contributed by atoms with Gasteiger partial charge in [0.2, 0.25) is 16.0 Å². The van der Waals surface area contributed by atoms with Crippen LogP contribution in [0.4, 0.5) is 5.95 Å². The first-order valence-corrected chi connectivity index (χ1v) is 13.0. The minimum atomic E-state index is -3.42. The van der Waals surface area contributed by atoms with Crippen molar-refractivity contribution in [1.29, 1.82) is 0 Å². The molecule has 2 heterocycles. The van der Waals surface area contributed by atoms with E-state index in [1.54, 1.807) is 30.7 Å². The molecular formula is C26H27N5O3S. The van der Waals surface area contributed by atoms with Crippen LogP contribution in [0.2, 0.25) is 0 Å². The Morgan fingerprint density at radius 3 is 2.37 bits per heavy atom. The lowest BCUT2D eigenvalue weighted by Gasteiger charge is -2.20. The molecule has 9 heteroatoms. The van der Waals surface area contributed by atoms with Crippen LogP contribution >= 0.6 is 0 Å². The molecule has 0 aliphatic rings. The van der Waals surface area contributed by atoms with Crippen LogP contribution in [0.5, 0.6) is 5.75 Å². The number of rotatable bonds is 10. The van der Waals surface area contributed by atoms with Gasteiger partial charge in [-0.2, -0.15) is 4.31 Å². The average molecular weight is 490 g/mol. The lowest BCUT2D eigenvalue weighted by atomic mass is 10.1. The zero-order valence-corrected chi connectivity index (χ0v) is 20.2. The fourth-order valence-corrected chi connectivity index (χ4v) is 4.37. The molecule has 0 bridgehead atoms. The van der Waals surface area contributed by atoms with Crippen molar-refractivity contribution >= 4 is 16.0 Å². The molecule has 0 fully saturated rings. The van der Waals surface area contributed by atoms with E-state index in [-0.39, 0.29) is 18.8 Å². The number of aromatic hydroxyl groups is 1. The zero-order chi connectivity index (χ0) is 24.7. The van der Waals surface area contributed by atoms with Gasteiger partial charge in [0.1, 0.15) is 5.75 Å². The number of anilines is 1. The minimum absolute atomic E-state index is 0.247. The number of nitrogens with zero attached hydrogens (tertiary/aromatic N) is 4. The van der Waals surface area contributed by atoms with Crippen LogP contribution in [0.1, 0.15) is 16.7 Å². The summed E-state index contributed by atoms with van der Waals surface area (Å²) in [5, 5.41) is 12.6. The molecular weight excluding hydrogens is 462 g/mol. The van der Waals surface area contributed by atoms with E-state index in [0.717, 1.165) is 34.4 Å². The normalized spacial score (nSPS) is 11.5. The summed E-state index contributed by atoms with van der Waals surface area (Å²) in [5.74, 6) is 0.763. The second-order valence-corrected chi connectivity index (χ2v) is 10.2. The van der Waals surface area contributed by atoms with Gasteiger partial charge in [-0.3, -0.25) is 4.98 Å². The third-order valence-corrected chi connectivity index (χ3v) is 6.64. The SMILES string of the molecule is CS(=O)(=O)N(Cc1ccncc1)Cc1cccc(-c2ccnc(NCCc3ccc(O)cc3)n2)c1. The van der Waals surface area contributed by atoms with Crippen LogP contribution in [-0.2, 0) is 29.5 Å². The standard InChI is InChI=1S/C26H27N5O3S/c1-35(33,34)31(18-21-9-13-27-14-10-21)19-22-3-2-4-23(17-22)25-12-16-29-26(30-25)28-15-11-20-5-7-24(32)8-6-20/h2-10,12-14,16-17,32H,11,15,18-19H2,1H3,(H,28,29,30). The zero-order valence-electron chi connectivity index (χ0n) is 19.4. The van der Waals surface area contributed by atoms with E-state index >= 15 is 0 Å². The van der Waals surface area contributed by atoms with Gasteiger partial charge in [-0.25, -0.2) is 18.4 Å². The van der Waals surface area contributed by atoms with Crippen molar-refractivity contribution in [1.82, 2.24) is 19.3 Å². The largest absolute Gasteiger partial charge is 0.508 e. The Bertz CT molecular complexity index is 1360. The number of nitrogens with one attached hydrogen (secondary N) is 1. The summed E-state index contributed by atoms with van der Waals surface area (Å²) in [6, 6.07) is 20.3. The van der Waals surface area contributed by atoms with Gasteiger partial charge in [0, 0.05) is 43.8 Å². The average Bonchev–Trinajstić information content (AvgIpc) is 2.85. The highest BCUT2D eigenvalue weighted by Gasteiger charge is 2.18. The molecule has 0 aliphatic heterocycles. The lowest BCUT2D eigenvalue weighted by molar-refractivity contribution is 0.405. The maximum atomic E-state index is 12.4. The van der Waals surface area contributed by atoms with E-state index in [1.165, 1.54) is 10.6 Å². The third kappa shape index (κ3) is 7.08. The smallest absolute Gasteiger partial charge is 0.223 e. The highest BCUT2D eigenvalue weighted by atomic mass is 32.2. The van der Waals surface area contributed by atoms with Crippen LogP contribution in [0, 0.1) is 0 Å². The molecule has 2 aromatic heterocycles. The van der Waals surface area contributed by atoms with Crippen LogP contribution in [-0.4, -0.2) is 45.6 Å². The van der Waals surface area contributed by atoms with E-state index in [2.05, 4.69) is 20.3 Å². The van der Waals surface area contributed by atoms with E-state index in [0.29, 0.717) is 12.5 Å². The summed E-state index contributed by atoms with van der Waals surface area (Å²) in [6.07, 6.45) is 6.99. The molecule has 0 radical (unpaired) electrons. The number of aromatic nitrogens is 3. The molecule has 0 amide bonds. The summed E-state index contributed by atoms with van der Waals surface area (Å²) >= 11 is 0. The monoisotopic (exact) mass is 489 g/mol. The first-order chi connectivity index (χ1) is 16.9. The van der Waals surface area contributed by atoms with Gasteiger partial charge in [0.05, 0.1) is 11.9 Å². The molecule has 4 aromatic rings. The van der Waals surface area contributed by atoms with Crippen LogP contribution < -0.4 is 5.32 Å². The molecule has 35 heavy (non-hydrogen) atoms. The fraction of sp³-hybridized carbons (Fsp3) is 0.192. The van der Waals surface area contributed by atoms with Crippen molar-refractivity contribution in [2.24, 2.45) is 0 Å². The predicted octanol–water partition coefficient (Wildman–Crippen LogP) is 3.86. The van der Waals surface area contributed by atoms with Gasteiger partial charge in [0.15, 0.2) is 0 Å². The van der Waals surface area contributed by atoms with Crippen molar-refractivity contribution in [3.63, 3.8) is 0 Å². The Kier molecular flexibility index (Phi) is 7.69. The molecule has 8 nitrogen and oxygen atoms in total. The summed E-state index contributed by atoms with van der Waals surface area (Å²) in [6.45, 7) is 1.17. The second-order valence-electron chi connectivity index (χ2n) is 8.20. The first kappa shape index (κ1) is 24.3. The Hall–Kier alpha value is -3.82. The summed E-state index contributed by atoms with van der Waals surface area (Å²) in [5.41, 5.74) is 4.46. The number of phenolic OH excluding ortho intramolecular Hbond substituents is 1. The van der Waals surface area contributed by atoms with Crippen LogP contribution in [0.15, 0.2) is 85.3 Å². The number of hydrogen-bond donors (Lipinski definition) is 2. The van der Waals surface area contributed by atoms with Crippen molar-refractivity contribution in [3.05, 3.63) is 102 Å². The number of pyridine rings is 1. The van der Waals surface area contributed by atoms with E-state index in [4.69, 9.17) is 0 Å². The van der Waals surface area contributed by atoms with Gasteiger partial charge in [-0.05, 0) is 59.5 Å². The minimum Gasteiger partial charge on any atom is -0.508 e. The lowest BCUT2D eigenvalue weighted by Crippen LogP contribution is -2.29. The number of hydrogen-bond acceptors (Lipinski definition) is 7. The molecule has 0 spiro atoms. The van der Waals surface area contributed by atoms with E-state index < -0.39 is 10.0 Å². The summed E-state index contributed by atoms with van der Waals surface area (Å²) < 4.78 is 26.3. The Balaban J connectivity index is 1.45. The molecule has 2 aromatic carbocycles. The Labute approximate surface area is 205 Å². The van der Waals surface area contributed by atoms with Gasteiger partial charge in [-0.1, -0.05) is 30.3 Å². The molecule has 0 atom stereocenters. The fourth-order valence-electron chi connectivity index (χ4n) is 3.60.